The van der Waals surface area contributed by atoms with E-state index in [9.17, 15) is 14.0 Å². The molecule has 1 aliphatic heterocycles. The van der Waals surface area contributed by atoms with Gasteiger partial charge in [-0.3, -0.25) is 9.59 Å². The predicted octanol–water partition coefficient (Wildman–Crippen LogP) is 4.12. The van der Waals surface area contributed by atoms with Crippen LogP contribution in [0.1, 0.15) is 35.8 Å². The molecule has 0 aliphatic carbocycles. The summed E-state index contributed by atoms with van der Waals surface area (Å²) >= 11 is 0. The van der Waals surface area contributed by atoms with Crippen molar-refractivity contribution in [2.24, 2.45) is 11.8 Å². The normalized spacial score (nSPS) is 15.5. The van der Waals surface area contributed by atoms with Gasteiger partial charge in [0.1, 0.15) is 17.3 Å². The van der Waals surface area contributed by atoms with Crippen molar-refractivity contribution in [3.63, 3.8) is 0 Å². The van der Waals surface area contributed by atoms with Crippen LogP contribution in [0.2, 0.25) is 0 Å². The molecule has 4 rings (SSSR count). The summed E-state index contributed by atoms with van der Waals surface area (Å²) in [7, 11) is 1.61. The minimum Gasteiger partial charge on any atom is -0.497 e. The van der Waals surface area contributed by atoms with E-state index in [0.29, 0.717) is 25.3 Å². The number of fused-ring (bicyclic) bond motifs is 1. The predicted molar refractivity (Wildman–Crippen MR) is 121 cm³/mol. The lowest BCUT2D eigenvalue weighted by Crippen LogP contribution is -2.42. The molecule has 0 saturated carbocycles. The van der Waals surface area contributed by atoms with Crippen LogP contribution in [0.25, 0.3) is 10.9 Å². The fourth-order valence-corrected chi connectivity index (χ4v) is 4.33. The third kappa shape index (κ3) is 4.77. The van der Waals surface area contributed by atoms with E-state index in [0.717, 1.165) is 35.1 Å². The van der Waals surface area contributed by atoms with E-state index in [1.54, 1.807) is 19.2 Å². The minimum atomic E-state index is -0.309. The number of hydrogen-bond acceptors (Lipinski definition) is 3. The van der Waals surface area contributed by atoms with Crippen molar-refractivity contribution in [3.05, 3.63) is 65.6 Å². The number of ether oxygens (including phenoxy) is 1. The van der Waals surface area contributed by atoms with Gasteiger partial charge in [0.2, 0.25) is 5.91 Å². The average Bonchev–Trinajstić information content (AvgIpc) is 3.25. The fraction of sp³-hybridized carbons (Fsp3) is 0.360. The van der Waals surface area contributed by atoms with E-state index in [-0.39, 0.29) is 29.5 Å². The second-order valence-corrected chi connectivity index (χ2v) is 8.40. The second kappa shape index (κ2) is 9.42. The van der Waals surface area contributed by atoms with Crippen LogP contribution in [0, 0.1) is 17.7 Å². The summed E-state index contributed by atoms with van der Waals surface area (Å²) in [6, 6.07) is 13.8. The molecule has 168 valence electrons. The minimum absolute atomic E-state index is 0.0261. The molecule has 1 saturated heterocycles. The molecule has 0 spiro atoms. The van der Waals surface area contributed by atoms with Gasteiger partial charge < -0.3 is 19.9 Å². The molecule has 1 atom stereocenters. The van der Waals surface area contributed by atoms with Gasteiger partial charge >= 0.3 is 0 Å². The number of rotatable bonds is 6. The Morgan fingerprint density at radius 3 is 2.69 bits per heavy atom. The van der Waals surface area contributed by atoms with E-state index < -0.39 is 0 Å². The van der Waals surface area contributed by atoms with Crippen molar-refractivity contribution in [1.82, 2.24) is 15.2 Å². The quantitative estimate of drug-likeness (QED) is 0.609. The molecule has 1 aliphatic rings. The van der Waals surface area contributed by atoms with Crippen LogP contribution in [0.5, 0.6) is 5.75 Å². The van der Waals surface area contributed by atoms with E-state index >= 15 is 0 Å². The molecule has 1 aromatic heterocycles. The Bertz CT molecular complexity index is 1120. The van der Waals surface area contributed by atoms with Crippen LogP contribution in [0.15, 0.2) is 48.5 Å². The number of hydrogen-bond donors (Lipinski definition) is 2. The van der Waals surface area contributed by atoms with Crippen LogP contribution in [-0.2, 0) is 11.3 Å². The van der Waals surface area contributed by atoms with Gasteiger partial charge in [-0.2, -0.15) is 0 Å². The smallest absolute Gasteiger partial charge is 0.270 e. The van der Waals surface area contributed by atoms with Gasteiger partial charge in [-0.1, -0.05) is 19.1 Å². The molecule has 2 amide bonds. The van der Waals surface area contributed by atoms with Crippen molar-refractivity contribution in [2.75, 3.05) is 20.2 Å². The van der Waals surface area contributed by atoms with E-state index in [4.69, 9.17) is 4.74 Å². The lowest BCUT2D eigenvalue weighted by Gasteiger charge is -2.34. The van der Waals surface area contributed by atoms with Crippen LogP contribution in [0.3, 0.4) is 0 Å². The molecule has 1 fully saturated rings. The summed E-state index contributed by atoms with van der Waals surface area (Å²) in [5, 5.41) is 3.87. The van der Waals surface area contributed by atoms with E-state index in [1.165, 1.54) is 12.1 Å². The molecule has 7 heteroatoms. The number of piperidine rings is 1. The number of amides is 2. The fourth-order valence-electron chi connectivity index (χ4n) is 4.33. The molecule has 0 radical (unpaired) electrons. The highest BCUT2D eigenvalue weighted by molar-refractivity contribution is 5.98. The van der Waals surface area contributed by atoms with Gasteiger partial charge in [0, 0.05) is 42.5 Å². The Morgan fingerprint density at radius 2 is 1.97 bits per heavy atom. The Morgan fingerprint density at radius 1 is 1.19 bits per heavy atom. The molecular weight excluding hydrogens is 409 g/mol. The van der Waals surface area contributed by atoms with Crippen molar-refractivity contribution in [2.45, 2.75) is 26.3 Å². The van der Waals surface area contributed by atoms with Crippen molar-refractivity contribution in [3.8, 4) is 5.75 Å². The van der Waals surface area contributed by atoms with Crippen LogP contribution >= 0.6 is 0 Å². The number of H-pyrrole nitrogens is 1. The summed E-state index contributed by atoms with van der Waals surface area (Å²) < 4.78 is 18.6. The SMILES string of the molecule is COc1ccc2cc(C(=O)N3CCC([C@H](C)C(=O)NCc4cccc(F)c4)CC3)[nH]c2c1. The number of nitrogens with one attached hydrogen (secondary N) is 2. The zero-order chi connectivity index (χ0) is 22.7. The number of benzene rings is 2. The summed E-state index contributed by atoms with van der Waals surface area (Å²) in [5.41, 5.74) is 2.17. The summed E-state index contributed by atoms with van der Waals surface area (Å²) in [5.74, 6) is 0.407. The third-order valence-corrected chi connectivity index (χ3v) is 6.36. The first-order valence-electron chi connectivity index (χ1n) is 10.9. The summed E-state index contributed by atoms with van der Waals surface area (Å²) in [6.45, 7) is 3.46. The van der Waals surface area contributed by atoms with Gasteiger partial charge in [0.05, 0.1) is 7.11 Å². The highest BCUT2D eigenvalue weighted by atomic mass is 19.1. The molecule has 2 heterocycles. The summed E-state index contributed by atoms with van der Waals surface area (Å²) in [4.78, 5) is 30.6. The number of likely N-dealkylation sites (tertiary alicyclic amines) is 1. The molecule has 6 nitrogen and oxygen atoms in total. The maximum atomic E-state index is 13.3. The van der Waals surface area contributed by atoms with Crippen molar-refractivity contribution < 1.29 is 18.7 Å². The van der Waals surface area contributed by atoms with Gasteiger partial charge in [0.15, 0.2) is 0 Å². The molecule has 32 heavy (non-hydrogen) atoms. The second-order valence-electron chi connectivity index (χ2n) is 8.40. The molecule has 0 bridgehead atoms. The van der Waals surface area contributed by atoms with Gasteiger partial charge in [0.25, 0.3) is 5.91 Å². The molecule has 2 aromatic carbocycles. The first-order chi connectivity index (χ1) is 15.4. The van der Waals surface area contributed by atoms with Crippen molar-refractivity contribution >= 4 is 22.7 Å². The average molecular weight is 438 g/mol. The lowest BCUT2D eigenvalue weighted by molar-refractivity contribution is -0.126. The number of halogens is 1. The number of carbonyl (C=O) groups is 2. The monoisotopic (exact) mass is 437 g/mol. The number of aromatic nitrogens is 1. The first kappa shape index (κ1) is 21.9. The van der Waals surface area contributed by atoms with Crippen LogP contribution in [0.4, 0.5) is 4.39 Å². The Kier molecular flexibility index (Phi) is 6.44. The zero-order valence-corrected chi connectivity index (χ0v) is 18.4. The number of carbonyl (C=O) groups excluding carboxylic acids is 2. The Balaban J connectivity index is 1.31. The zero-order valence-electron chi connectivity index (χ0n) is 18.4. The number of nitrogens with zero attached hydrogens (tertiary/aromatic N) is 1. The summed E-state index contributed by atoms with van der Waals surface area (Å²) in [6.07, 6.45) is 1.54. The van der Waals surface area contributed by atoms with E-state index in [1.807, 2.05) is 36.1 Å². The maximum absolute atomic E-state index is 13.3. The van der Waals surface area contributed by atoms with Gasteiger partial charge in [-0.05, 0) is 54.7 Å². The standard InChI is InChI=1S/C25H28FN3O3/c1-16(24(30)27-15-17-4-3-5-20(26)12-17)18-8-10-29(11-9-18)25(31)23-13-19-6-7-21(32-2)14-22(19)28-23/h3-7,12-14,16,18,28H,8-11,15H2,1-2H3,(H,27,30)/t16-/m0/s1. The third-order valence-electron chi connectivity index (χ3n) is 6.36. The Labute approximate surface area is 186 Å². The molecule has 3 aromatic rings. The van der Waals surface area contributed by atoms with Crippen LogP contribution in [-0.4, -0.2) is 41.9 Å². The number of aromatic amines is 1. The van der Waals surface area contributed by atoms with Gasteiger partial charge in [-0.15, -0.1) is 0 Å². The van der Waals surface area contributed by atoms with Gasteiger partial charge in [-0.25, -0.2) is 4.39 Å². The largest absolute Gasteiger partial charge is 0.497 e. The van der Waals surface area contributed by atoms with Crippen molar-refractivity contribution in [1.29, 1.82) is 0 Å². The highest BCUT2D eigenvalue weighted by Crippen LogP contribution is 2.27. The molecule has 2 N–H and O–H groups in total. The molecular formula is C25H28FN3O3. The van der Waals surface area contributed by atoms with E-state index in [2.05, 4.69) is 10.3 Å². The topological polar surface area (TPSA) is 74.4 Å². The number of methoxy groups -OCH3 is 1. The lowest BCUT2D eigenvalue weighted by atomic mass is 9.84. The highest BCUT2D eigenvalue weighted by Gasteiger charge is 2.30. The Hall–Kier alpha value is -3.35. The maximum Gasteiger partial charge on any atom is 0.270 e. The first-order valence-corrected chi connectivity index (χ1v) is 10.9. The van der Waals surface area contributed by atoms with Crippen LogP contribution < -0.4 is 10.1 Å². The molecule has 0 unspecified atom stereocenters.